The molecule has 0 saturated carbocycles. The predicted octanol–water partition coefficient (Wildman–Crippen LogP) is 4.29. The first-order chi connectivity index (χ1) is 24.9. The number of fused-ring (bicyclic) bond motifs is 2. The van der Waals surface area contributed by atoms with Gasteiger partial charge in [-0.3, -0.25) is 14.4 Å². The van der Waals surface area contributed by atoms with Gasteiger partial charge >= 0.3 is 0 Å². The third-order valence-corrected chi connectivity index (χ3v) is 10.6. The smallest absolute Gasteiger partial charge is 0.245 e. The van der Waals surface area contributed by atoms with Crippen molar-refractivity contribution in [3.8, 4) is 11.5 Å². The van der Waals surface area contributed by atoms with Crippen LogP contribution in [-0.4, -0.2) is 106 Å². The van der Waals surface area contributed by atoms with E-state index in [1.807, 2.05) is 30.2 Å². The second-order valence-corrected chi connectivity index (χ2v) is 14.4. The highest BCUT2D eigenvalue weighted by molar-refractivity contribution is 5.92. The van der Waals surface area contributed by atoms with E-state index in [-0.39, 0.29) is 61.8 Å². The Morgan fingerprint density at radius 1 is 1.02 bits per heavy atom. The summed E-state index contributed by atoms with van der Waals surface area (Å²) in [6.45, 7) is 6.30. The van der Waals surface area contributed by atoms with Crippen LogP contribution >= 0.6 is 0 Å². The van der Waals surface area contributed by atoms with Crippen LogP contribution in [0, 0.1) is 17.6 Å². The van der Waals surface area contributed by atoms with Gasteiger partial charge in [0, 0.05) is 42.5 Å². The molecule has 11 nitrogen and oxygen atoms in total. The first-order valence-electron chi connectivity index (χ1n) is 18.3. The Balaban J connectivity index is 1.42. The van der Waals surface area contributed by atoms with E-state index in [2.05, 4.69) is 20.9 Å². The van der Waals surface area contributed by atoms with E-state index in [1.165, 1.54) is 29.2 Å². The summed E-state index contributed by atoms with van der Waals surface area (Å²) in [6.07, 6.45) is 1.54. The van der Waals surface area contributed by atoms with E-state index in [1.54, 1.807) is 26.2 Å². The van der Waals surface area contributed by atoms with Crippen LogP contribution in [0.2, 0.25) is 0 Å². The average Bonchev–Trinajstić information content (AvgIpc) is 3.88. The van der Waals surface area contributed by atoms with Gasteiger partial charge in [-0.1, -0.05) is 20.8 Å². The number of likely N-dealkylation sites (N-methyl/N-ethyl adjacent to an activating group) is 2. The number of amides is 3. The van der Waals surface area contributed by atoms with E-state index in [0.717, 1.165) is 23.8 Å². The normalized spacial score (nSPS) is 20.4. The van der Waals surface area contributed by atoms with Crippen molar-refractivity contribution >= 4 is 39.7 Å². The molecule has 2 fully saturated rings. The molecule has 6 rings (SSSR count). The third kappa shape index (κ3) is 7.40. The number of likely N-dealkylation sites (tertiary alicyclic amines) is 2. The minimum absolute atomic E-state index is 0.0325. The molecule has 4 heterocycles. The number of alkyl halides is 1. The van der Waals surface area contributed by atoms with Gasteiger partial charge in [0.15, 0.2) is 5.82 Å². The van der Waals surface area contributed by atoms with E-state index in [4.69, 9.17) is 4.98 Å². The summed E-state index contributed by atoms with van der Waals surface area (Å²) < 4.78 is 46.4. The molecule has 52 heavy (non-hydrogen) atoms. The Bertz CT molecular complexity index is 1940. The molecule has 5 atom stereocenters. The monoisotopic (exact) mass is 722 g/mol. The fourth-order valence-corrected chi connectivity index (χ4v) is 7.98. The maximum Gasteiger partial charge on any atom is 0.245 e. The van der Waals surface area contributed by atoms with Crippen molar-refractivity contribution in [2.75, 3.05) is 33.7 Å². The Kier molecular flexibility index (Phi) is 11.2. The topological polar surface area (TPSA) is 127 Å². The number of hydrogen-bond donors (Lipinski definition) is 4. The number of carbonyl (C=O) groups excluding carboxylic acids is 3. The average molecular weight is 723 g/mol. The molecule has 2 aliphatic heterocycles. The number of rotatable bonds is 13. The predicted molar refractivity (Wildman–Crippen MR) is 194 cm³/mol. The molecule has 0 spiro atoms. The number of imidazole rings is 1. The number of nitrogens with one attached hydrogen (secondary N) is 4. The highest BCUT2D eigenvalue weighted by atomic mass is 19.1. The van der Waals surface area contributed by atoms with E-state index < -0.39 is 29.9 Å². The highest BCUT2D eigenvalue weighted by Crippen LogP contribution is 2.37. The van der Waals surface area contributed by atoms with Gasteiger partial charge in [0.2, 0.25) is 17.7 Å². The van der Waals surface area contributed by atoms with Crippen molar-refractivity contribution in [3.63, 3.8) is 0 Å². The standard InChI is InChI=1S/C38H49F3N8O3/c1-6-29(43-5)37(51)47-13-7-8-25(47)17-28-27-11-9-22(39)15-30(27)44-35(28)36-45-31-16-23(40)10-12-32(31)49(36)20-26-14-24(41)19-48(26)38(52)34(21(2)3)46-33(50)18-42-4/h9-12,15-16,21,24-26,29,34,42-44H,6-8,13-14,17-20H2,1-5H3,(H,46,50). The number of halogens is 3. The number of H-pyrrole nitrogens is 1. The summed E-state index contributed by atoms with van der Waals surface area (Å²) in [6, 6.07) is 6.93. The first-order valence-corrected chi connectivity index (χ1v) is 18.3. The van der Waals surface area contributed by atoms with Gasteiger partial charge < -0.3 is 35.3 Å². The molecule has 2 aromatic carbocycles. The van der Waals surface area contributed by atoms with E-state index in [0.29, 0.717) is 47.5 Å². The Morgan fingerprint density at radius 3 is 2.48 bits per heavy atom. The third-order valence-electron chi connectivity index (χ3n) is 10.6. The van der Waals surface area contributed by atoms with Crippen molar-refractivity contribution in [1.29, 1.82) is 0 Å². The number of aromatic amines is 1. The zero-order valence-electron chi connectivity index (χ0n) is 30.4. The van der Waals surface area contributed by atoms with Crippen LogP contribution < -0.4 is 16.0 Å². The maximum absolute atomic E-state index is 15.3. The van der Waals surface area contributed by atoms with Gasteiger partial charge in [-0.25, -0.2) is 18.2 Å². The van der Waals surface area contributed by atoms with Crippen molar-refractivity contribution in [3.05, 3.63) is 53.6 Å². The van der Waals surface area contributed by atoms with Crippen LogP contribution in [0.25, 0.3) is 33.5 Å². The van der Waals surface area contributed by atoms with Gasteiger partial charge in [-0.05, 0) is 81.6 Å². The Morgan fingerprint density at radius 2 is 1.77 bits per heavy atom. The van der Waals surface area contributed by atoms with E-state index in [9.17, 15) is 23.2 Å². The summed E-state index contributed by atoms with van der Waals surface area (Å²) in [7, 11) is 3.42. The number of carbonyl (C=O) groups is 3. The second-order valence-electron chi connectivity index (χ2n) is 14.4. The summed E-state index contributed by atoms with van der Waals surface area (Å²) >= 11 is 0. The lowest BCUT2D eigenvalue weighted by molar-refractivity contribution is -0.138. The Labute approximate surface area is 301 Å². The van der Waals surface area contributed by atoms with Crippen molar-refractivity contribution in [1.82, 2.24) is 40.3 Å². The van der Waals surface area contributed by atoms with Gasteiger partial charge in [0.25, 0.3) is 0 Å². The molecule has 2 saturated heterocycles. The molecule has 280 valence electrons. The van der Waals surface area contributed by atoms with Gasteiger partial charge in [0.05, 0.1) is 41.9 Å². The zero-order chi connectivity index (χ0) is 37.3. The molecule has 0 bridgehead atoms. The molecule has 14 heteroatoms. The second kappa shape index (κ2) is 15.7. The lowest BCUT2D eigenvalue weighted by atomic mass is 9.99. The number of aromatic nitrogens is 3. The van der Waals surface area contributed by atoms with Crippen LogP contribution in [0.4, 0.5) is 13.2 Å². The van der Waals surface area contributed by atoms with Crippen molar-refractivity contribution in [2.45, 2.75) is 89.8 Å². The molecular weight excluding hydrogens is 673 g/mol. The van der Waals surface area contributed by atoms with Crippen LogP contribution in [0.15, 0.2) is 36.4 Å². The van der Waals surface area contributed by atoms with Gasteiger partial charge in [-0.15, -0.1) is 0 Å². The molecular formula is C38H49F3N8O3. The fraction of sp³-hybridized carbons (Fsp3) is 0.526. The fourth-order valence-electron chi connectivity index (χ4n) is 7.98. The van der Waals surface area contributed by atoms with Crippen LogP contribution in [0.5, 0.6) is 0 Å². The first kappa shape index (κ1) is 37.3. The van der Waals surface area contributed by atoms with Crippen molar-refractivity contribution < 1.29 is 27.6 Å². The van der Waals surface area contributed by atoms with Crippen LogP contribution in [-0.2, 0) is 27.3 Å². The molecule has 3 amide bonds. The molecule has 4 aromatic rings. The van der Waals surface area contributed by atoms with Crippen LogP contribution in [0.3, 0.4) is 0 Å². The molecule has 2 aliphatic rings. The lowest BCUT2D eigenvalue weighted by Crippen LogP contribution is -2.54. The highest BCUT2D eigenvalue weighted by Gasteiger charge is 2.41. The summed E-state index contributed by atoms with van der Waals surface area (Å²) in [5.74, 6) is -1.39. The molecule has 2 aromatic heterocycles. The minimum atomic E-state index is -1.28. The van der Waals surface area contributed by atoms with Crippen molar-refractivity contribution in [2.24, 2.45) is 5.92 Å². The van der Waals surface area contributed by atoms with Crippen LogP contribution in [0.1, 0.15) is 52.0 Å². The number of benzene rings is 2. The molecule has 0 aliphatic carbocycles. The summed E-state index contributed by atoms with van der Waals surface area (Å²) in [5, 5.41) is 9.49. The minimum Gasteiger partial charge on any atom is -0.352 e. The quantitative estimate of drug-likeness (QED) is 0.163. The molecule has 5 unspecified atom stereocenters. The van der Waals surface area contributed by atoms with Gasteiger partial charge in [0.1, 0.15) is 23.8 Å². The van der Waals surface area contributed by atoms with E-state index >= 15 is 4.39 Å². The SMILES string of the molecule is CCC(NC)C(=O)N1CCCC1Cc1c(-c2nc3cc(F)ccc3n2CC2CC(F)CN2C(=O)C(NC(=O)CNC)C(C)C)[nH]c2cc(F)ccc12. The Hall–Kier alpha value is -4.43. The lowest BCUT2D eigenvalue weighted by Gasteiger charge is -2.31. The number of nitrogens with zero attached hydrogens (tertiary/aromatic N) is 4. The van der Waals surface area contributed by atoms with Gasteiger partial charge in [-0.2, -0.15) is 0 Å². The zero-order valence-corrected chi connectivity index (χ0v) is 30.4. The largest absolute Gasteiger partial charge is 0.352 e. The number of hydrogen-bond acceptors (Lipinski definition) is 6. The summed E-state index contributed by atoms with van der Waals surface area (Å²) in [4.78, 5) is 51.8. The molecule has 4 N–H and O–H groups in total. The molecule has 0 radical (unpaired) electrons. The maximum atomic E-state index is 15.3. The summed E-state index contributed by atoms with van der Waals surface area (Å²) in [5.41, 5.74) is 2.93.